The lowest BCUT2D eigenvalue weighted by molar-refractivity contribution is 0.573. The summed E-state index contributed by atoms with van der Waals surface area (Å²) in [7, 11) is 0. The molecule has 0 N–H and O–H groups in total. The monoisotopic (exact) mass is 202 g/mol. The van der Waals surface area contributed by atoms with Crippen molar-refractivity contribution in [1.29, 1.82) is 0 Å². The van der Waals surface area contributed by atoms with Crippen molar-refractivity contribution in [3.8, 4) is 0 Å². The summed E-state index contributed by atoms with van der Waals surface area (Å²) in [6.45, 7) is 1.59. The molecule has 13 heavy (non-hydrogen) atoms. The Morgan fingerprint density at radius 2 is 2.08 bits per heavy atom. The Morgan fingerprint density at radius 3 is 2.69 bits per heavy atom. The van der Waals surface area contributed by atoms with E-state index in [4.69, 9.17) is 11.6 Å². The maximum atomic E-state index is 13.3. The van der Waals surface area contributed by atoms with Crippen LogP contribution in [0.3, 0.4) is 0 Å². The van der Waals surface area contributed by atoms with E-state index in [-0.39, 0.29) is 11.4 Å². The lowest BCUT2D eigenvalue weighted by Gasteiger charge is -2.01. The van der Waals surface area contributed by atoms with Crippen LogP contribution in [0.1, 0.15) is 11.1 Å². The lowest BCUT2D eigenvalue weighted by atomic mass is 10.1. The minimum atomic E-state index is -0.565. The second kappa shape index (κ2) is 4.38. The highest BCUT2D eigenvalue weighted by Gasteiger charge is 2.07. The first-order valence-electron chi connectivity index (χ1n) is 3.84. The Kier molecular flexibility index (Phi) is 3.43. The standard InChI is InChI=1S/C10H9ClF2/c1-7-4-5-9(12)8(10(7)13)3-2-6-11/h2-5H,6H2,1H3. The summed E-state index contributed by atoms with van der Waals surface area (Å²) in [4.78, 5) is 0. The highest BCUT2D eigenvalue weighted by Crippen LogP contribution is 2.17. The van der Waals surface area contributed by atoms with E-state index in [0.29, 0.717) is 5.56 Å². The van der Waals surface area contributed by atoms with Crippen LogP contribution in [0.5, 0.6) is 0 Å². The van der Waals surface area contributed by atoms with E-state index in [2.05, 4.69) is 0 Å². The number of hydrogen-bond donors (Lipinski definition) is 0. The zero-order chi connectivity index (χ0) is 9.84. The first-order chi connectivity index (χ1) is 6.16. The third kappa shape index (κ3) is 2.28. The van der Waals surface area contributed by atoms with Gasteiger partial charge in [-0.25, -0.2) is 8.78 Å². The molecule has 0 bridgehead atoms. The Balaban J connectivity index is 3.17. The van der Waals surface area contributed by atoms with E-state index in [1.54, 1.807) is 6.92 Å². The number of hydrogen-bond acceptors (Lipinski definition) is 0. The molecule has 0 aliphatic carbocycles. The van der Waals surface area contributed by atoms with Crippen LogP contribution in [0.4, 0.5) is 8.78 Å². The topological polar surface area (TPSA) is 0 Å². The summed E-state index contributed by atoms with van der Waals surface area (Å²) in [6, 6.07) is 2.65. The van der Waals surface area contributed by atoms with Gasteiger partial charge >= 0.3 is 0 Å². The van der Waals surface area contributed by atoms with Crippen LogP contribution in [0.2, 0.25) is 0 Å². The largest absolute Gasteiger partial charge is 0.206 e. The summed E-state index contributed by atoms with van der Waals surface area (Å²) in [5.41, 5.74) is 0.399. The molecule has 0 unspecified atom stereocenters. The van der Waals surface area contributed by atoms with E-state index >= 15 is 0 Å². The normalized spacial score (nSPS) is 11.1. The van der Waals surface area contributed by atoms with Gasteiger partial charge in [0.1, 0.15) is 11.6 Å². The molecule has 0 heterocycles. The molecule has 0 aliphatic heterocycles. The van der Waals surface area contributed by atoms with Crippen molar-refractivity contribution >= 4 is 17.7 Å². The van der Waals surface area contributed by atoms with Gasteiger partial charge in [0.15, 0.2) is 0 Å². The Labute approximate surface area is 80.8 Å². The highest BCUT2D eigenvalue weighted by atomic mass is 35.5. The molecule has 0 amide bonds. The molecule has 1 aromatic carbocycles. The van der Waals surface area contributed by atoms with E-state index < -0.39 is 11.6 Å². The minimum absolute atomic E-state index is 0.0272. The van der Waals surface area contributed by atoms with Crippen LogP contribution >= 0.6 is 11.6 Å². The van der Waals surface area contributed by atoms with E-state index in [1.165, 1.54) is 24.3 Å². The number of aryl methyl sites for hydroxylation is 1. The third-order valence-corrected chi connectivity index (χ3v) is 1.87. The highest BCUT2D eigenvalue weighted by molar-refractivity contribution is 6.19. The van der Waals surface area contributed by atoms with Gasteiger partial charge in [-0.3, -0.25) is 0 Å². The van der Waals surface area contributed by atoms with Crippen LogP contribution in [0.15, 0.2) is 18.2 Å². The van der Waals surface area contributed by atoms with Crippen molar-refractivity contribution < 1.29 is 8.78 Å². The van der Waals surface area contributed by atoms with Crippen LogP contribution in [-0.2, 0) is 0 Å². The fourth-order valence-electron chi connectivity index (χ4n) is 0.994. The molecular formula is C10H9ClF2. The Hall–Kier alpha value is -0.890. The number of allylic oxidation sites excluding steroid dienone is 1. The number of rotatable bonds is 2. The first-order valence-corrected chi connectivity index (χ1v) is 4.37. The van der Waals surface area contributed by atoms with Gasteiger partial charge in [-0.15, -0.1) is 11.6 Å². The molecular weight excluding hydrogens is 194 g/mol. The molecule has 0 spiro atoms. The summed E-state index contributed by atoms with van der Waals surface area (Å²) in [5, 5.41) is 0. The SMILES string of the molecule is Cc1ccc(F)c(C=CCCl)c1F. The number of halogens is 3. The molecule has 3 heteroatoms. The molecule has 0 radical (unpaired) electrons. The Bertz CT molecular complexity index is 332. The van der Waals surface area contributed by atoms with Crippen LogP contribution < -0.4 is 0 Å². The maximum absolute atomic E-state index is 13.3. The molecule has 0 fully saturated rings. The average Bonchev–Trinajstić information content (AvgIpc) is 2.12. The minimum Gasteiger partial charge on any atom is -0.206 e. The maximum Gasteiger partial charge on any atom is 0.136 e. The van der Waals surface area contributed by atoms with Gasteiger partial charge < -0.3 is 0 Å². The van der Waals surface area contributed by atoms with Crippen molar-refractivity contribution in [3.63, 3.8) is 0 Å². The fourth-order valence-corrected chi connectivity index (χ4v) is 1.08. The smallest absolute Gasteiger partial charge is 0.136 e. The number of alkyl halides is 1. The summed E-state index contributed by atoms with van der Waals surface area (Å²) >= 11 is 5.36. The van der Waals surface area contributed by atoms with Crippen molar-refractivity contribution in [2.45, 2.75) is 6.92 Å². The average molecular weight is 203 g/mol. The molecule has 0 aromatic heterocycles. The second-order valence-electron chi connectivity index (χ2n) is 2.65. The van der Waals surface area contributed by atoms with E-state index in [0.717, 1.165) is 0 Å². The Morgan fingerprint density at radius 1 is 1.38 bits per heavy atom. The fraction of sp³-hybridized carbons (Fsp3) is 0.200. The van der Waals surface area contributed by atoms with Crippen molar-refractivity contribution in [3.05, 3.63) is 41.0 Å². The summed E-state index contributed by atoms with van der Waals surface area (Å²) in [5.74, 6) is -0.849. The zero-order valence-corrected chi connectivity index (χ0v) is 7.91. The quantitative estimate of drug-likeness (QED) is 0.644. The first kappa shape index (κ1) is 10.2. The van der Waals surface area contributed by atoms with Gasteiger partial charge in [-0.2, -0.15) is 0 Å². The zero-order valence-electron chi connectivity index (χ0n) is 7.15. The third-order valence-electron chi connectivity index (χ3n) is 1.69. The van der Waals surface area contributed by atoms with Crippen molar-refractivity contribution in [1.82, 2.24) is 0 Å². The van der Waals surface area contributed by atoms with Gasteiger partial charge in [0.05, 0.1) is 0 Å². The molecule has 0 nitrogen and oxygen atoms in total. The van der Waals surface area contributed by atoms with Gasteiger partial charge in [-0.05, 0) is 18.6 Å². The van der Waals surface area contributed by atoms with Gasteiger partial charge in [-0.1, -0.05) is 18.2 Å². The molecule has 1 aromatic rings. The molecule has 1 rings (SSSR count). The van der Waals surface area contributed by atoms with Gasteiger partial charge in [0.2, 0.25) is 0 Å². The van der Waals surface area contributed by atoms with Crippen molar-refractivity contribution in [2.24, 2.45) is 0 Å². The van der Waals surface area contributed by atoms with Crippen LogP contribution in [0, 0.1) is 18.6 Å². The van der Waals surface area contributed by atoms with Crippen molar-refractivity contribution in [2.75, 3.05) is 5.88 Å². The predicted molar refractivity (Wildman–Crippen MR) is 50.8 cm³/mol. The number of benzene rings is 1. The second-order valence-corrected chi connectivity index (χ2v) is 2.96. The lowest BCUT2D eigenvalue weighted by Crippen LogP contribution is -1.91. The van der Waals surface area contributed by atoms with Crippen LogP contribution in [-0.4, -0.2) is 5.88 Å². The molecule has 0 saturated carbocycles. The molecule has 70 valence electrons. The molecule has 0 saturated heterocycles. The summed E-state index contributed by atoms with van der Waals surface area (Å²) < 4.78 is 26.3. The predicted octanol–water partition coefficient (Wildman–Crippen LogP) is 3.53. The van der Waals surface area contributed by atoms with Gasteiger partial charge in [0.25, 0.3) is 0 Å². The van der Waals surface area contributed by atoms with Crippen LogP contribution in [0.25, 0.3) is 6.08 Å². The van der Waals surface area contributed by atoms with Gasteiger partial charge in [0, 0.05) is 11.4 Å². The van der Waals surface area contributed by atoms with E-state index in [1.807, 2.05) is 0 Å². The van der Waals surface area contributed by atoms with E-state index in [9.17, 15) is 8.78 Å². The molecule has 0 atom stereocenters. The summed E-state index contributed by atoms with van der Waals surface area (Å²) in [6.07, 6.45) is 2.85. The molecule has 0 aliphatic rings.